The van der Waals surface area contributed by atoms with Gasteiger partial charge in [0.1, 0.15) is 0 Å². The van der Waals surface area contributed by atoms with Gasteiger partial charge >= 0.3 is 0 Å². The van der Waals surface area contributed by atoms with Gasteiger partial charge in [-0.15, -0.1) is 0 Å². The van der Waals surface area contributed by atoms with Crippen LogP contribution in [-0.4, -0.2) is 136 Å². The highest BCUT2D eigenvalue weighted by Gasteiger charge is 2.42. The van der Waals surface area contributed by atoms with Crippen LogP contribution in [0.1, 0.15) is 52.0 Å². The number of benzene rings is 1. The van der Waals surface area contributed by atoms with Crippen molar-refractivity contribution in [3.05, 3.63) is 29.8 Å². The largest absolute Gasteiger partial charge is 0.379 e. The normalized spacial score (nSPS) is 17.3. The molecule has 0 saturated carbocycles. The Hall–Kier alpha value is -4.61. The highest BCUT2D eigenvalue weighted by Crippen LogP contribution is 2.29. The van der Waals surface area contributed by atoms with Gasteiger partial charge in [-0.1, -0.05) is 39.3 Å². The number of anilines is 1. The van der Waals surface area contributed by atoms with Crippen LogP contribution in [0.25, 0.3) is 0 Å². The van der Waals surface area contributed by atoms with Gasteiger partial charge in [0.2, 0.25) is 42.4 Å². The standard InChI is InChI=1S/C36H58N8O9/c1-7-23(2)34(43(4)33(50)20-39-22-46)29(52-5)16-32(49)44-14-8-9-28(44)35(53-6)24(3)36(51)42-27(17-37)15-25-10-12-26(13-11-25)41-31(48)19-40-30(47)18-38-21-45/h10-13,21-24,27-29,34-35H,7-9,14-20,37H2,1-6H3,(H,38,45)(H,39,46)(H,40,47)(H,41,48)(H,42,51). The maximum Gasteiger partial charge on any atom is 0.243 e. The quantitative estimate of drug-likeness (QED) is 0.0717. The summed E-state index contributed by atoms with van der Waals surface area (Å²) >= 11 is 0. The number of hydrogen-bond donors (Lipinski definition) is 6. The number of likely N-dealkylation sites (N-methyl/N-ethyl adjacent to an activating group) is 1. The third-order valence-corrected chi connectivity index (χ3v) is 9.78. The molecule has 7 atom stereocenters. The zero-order chi connectivity index (χ0) is 39.5. The molecule has 1 aliphatic heterocycles. The molecule has 296 valence electrons. The minimum atomic E-state index is -0.625. The van der Waals surface area contributed by atoms with E-state index >= 15 is 0 Å². The van der Waals surface area contributed by atoms with Crippen molar-refractivity contribution in [2.24, 2.45) is 17.6 Å². The molecule has 0 aromatic heterocycles. The zero-order valence-corrected chi connectivity index (χ0v) is 31.7. The van der Waals surface area contributed by atoms with E-state index in [2.05, 4.69) is 26.6 Å². The maximum atomic E-state index is 13.9. The molecule has 1 aromatic carbocycles. The number of ether oxygens (including phenoxy) is 2. The molecule has 0 aliphatic carbocycles. The molecule has 1 aromatic rings. The van der Waals surface area contributed by atoms with Crippen LogP contribution in [0.4, 0.5) is 5.69 Å². The van der Waals surface area contributed by atoms with Gasteiger partial charge in [0.25, 0.3) is 0 Å². The predicted octanol–water partition coefficient (Wildman–Crippen LogP) is -0.860. The number of amides is 7. The lowest BCUT2D eigenvalue weighted by Crippen LogP contribution is -2.54. The van der Waals surface area contributed by atoms with E-state index in [-0.39, 0.29) is 62.3 Å². The second kappa shape index (κ2) is 23.1. The van der Waals surface area contributed by atoms with Crippen molar-refractivity contribution in [3.8, 4) is 0 Å². The Balaban J connectivity index is 2.05. The SMILES string of the molecule is CCC(C)C(C(CC(=O)N1CCCC1C(OC)C(C)C(=O)NC(CN)Cc1ccc(NC(=O)CNC(=O)CNC=O)cc1)OC)N(C)C(=O)CNC=O. The summed E-state index contributed by atoms with van der Waals surface area (Å²) < 4.78 is 11.7. The van der Waals surface area contributed by atoms with E-state index in [0.717, 1.165) is 18.4 Å². The lowest BCUT2D eigenvalue weighted by molar-refractivity contribution is -0.145. The smallest absolute Gasteiger partial charge is 0.243 e. The molecule has 7 unspecified atom stereocenters. The predicted molar refractivity (Wildman–Crippen MR) is 197 cm³/mol. The first-order valence-electron chi connectivity index (χ1n) is 18.0. The average Bonchev–Trinajstić information content (AvgIpc) is 3.65. The Morgan fingerprint density at radius 3 is 2.23 bits per heavy atom. The van der Waals surface area contributed by atoms with Crippen molar-refractivity contribution in [1.29, 1.82) is 0 Å². The Labute approximate surface area is 311 Å². The number of hydrogen-bond acceptors (Lipinski definition) is 10. The zero-order valence-electron chi connectivity index (χ0n) is 31.7. The molecular weight excluding hydrogens is 688 g/mol. The van der Waals surface area contributed by atoms with E-state index in [1.165, 1.54) is 14.2 Å². The van der Waals surface area contributed by atoms with Gasteiger partial charge in [0.05, 0.1) is 56.3 Å². The lowest BCUT2D eigenvalue weighted by atomic mass is 9.90. The molecule has 7 amide bonds. The third kappa shape index (κ3) is 13.7. The van der Waals surface area contributed by atoms with Crippen molar-refractivity contribution < 1.29 is 43.0 Å². The van der Waals surface area contributed by atoms with Crippen molar-refractivity contribution in [3.63, 3.8) is 0 Å². The molecule has 0 spiro atoms. The minimum absolute atomic E-state index is 0.00170. The molecule has 0 bridgehead atoms. The van der Waals surface area contributed by atoms with Gasteiger partial charge in [-0.2, -0.15) is 0 Å². The van der Waals surface area contributed by atoms with E-state index in [4.69, 9.17) is 15.2 Å². The highest BCUT2D eigenvalue weighted by molar-refractivity contribution is 5.95. The first kappa shape index (κ1) is 44.6. The fourth-order valence-electron chi connectivity index (χ4n) is 6.69. The summed E-state index contributed by atoms with van der Waals surface area (Å²) in [6, 6.07) is 5.83. The summed E-state index contributed by atoms with van der Waals surface area (Å²) in [5.74, 6) is -2.28. The van der Waals surface area contributed by atoms with Crippen LogP contribution in [-0.2, 0) is 49.5 Å². The van der Waals surface area contributed by atoms with Crippen LogP contribution in [0.2, 0.25) is 0 Å². The number of likely N-dealkylation sites (tertiary alicyclic amines) is 1. The van der Waals surface area contributed by atoms with Crippen molar-refractivity contribution in [2.45, 2.75) is 83.2 Å². The first-order valence-corrected chi connectivity index (χ1v) is 18.0. The molecule has 0 radical (unpaired) electrons. The van der Waals surface area contributed by atoms with Crippen molar-refractivity contribution >= 4 is 48.0 Å². The fourth-order valence-corrected chi connectivity index (χ4v) is 6.69. The van der Waals surface area contributed by atoms with Crippen LogP contribution in [0.3, 0.4) is 0 Å². The number of carbonyl (C=O) groups is 7. The Morgan fingerprint density at radius 1 is 0.981 bits per heavy atom. The molecule has 2 rings (SSSR count). The molecule has 17 heteroatoms. The Bertz CT molecular complexity index is 1360. The number of nitrogens with two attached hydrogens (primary N) is 1. The number of carbonyl (C=O) groups excluding carboxylic acids is 7. The first-order chi connectivity index (χ1) is 25.3. The van der Waals surface area contributed by atoms with Gasteiger partial charge in [-0.05, 0) is 42.9 Å². The van der Waals surface area contributed by atoms with E-state index in [1.54, 1.807) is 48.0 Å². The van der Waals surface area contributed by atoms with Crippen LogP contribution >= 0.6 is 0 Å². The number of nitrogens with zero attached hydrogens (tertiary/aromatic N) is 2. The fraction of sp³-hybridized carbons (Fsp3) is 0.639. The molecule has 1 fully saturated rings. The number of methoxy groups -OCH3 is 2. The third-order valence-electron chi connectivity index (χ3n) is 9.78. The molecule has 1 aliphatic rings. The Morgan fingerprint density at radius 2 is 1.64 bits per heavy atom. The Kier molecular flexibility index (Phi) is 19.4. The van der Waals surface area contributed by atoms with Crippen molar-refractivity contribution in [2.75, 3.05) is 59.3 Å². The summed E-state index contributed by atoms with van der Waals surface area (Å²) in [6.45, 7) is 5.77. The molecule has 1 saturated heterocycles. The second-order valence-electron chi connectivity index (χ2n) is 13.3. The van der Waals surface area contributed by atoms with Crippen LogP contribution in [0, 0.1) is 11.8 Å². The molecular formula is C36H58N8O9. The second-order valence-corrected chi connectivity index (χ2v) is 13.3. The maximum absolute atomic E-state index is 13.9. The van der Waals surface area contributed by atoms with E-state index in [0.29, 0.717) is 37.9 Å². The van der Waals surface area contributed by atoms with Crippen molar-refractivity contribution in [1.82, 2.24) is 31.1 Å². The molecule has 53 heavy (non-hydrogen) atoms. The summed E-state index contributed by atoms with van der Waals surface area (Å²) in [4.78, 5) is 88.4. The van der Waals surface area contributed by atoms with E-state index in [9.17, 15) is 33.6 Å². The van der Waals surface area contributed by atoms with Gasteiger partial charge in [-0.25, -0.2) is 0 Å². The van der Waals surface area contributed by atoms with Crippen LogP contribution < -0.4 is 32.3 Å². The number of nitrogens with one attached hydrogen (secondary N) is 5. The monoisotopic (exact) mass is 746 g/mol. The summed E-state index contributed by atoms with van der Waals surface area (Å²) in [5.41, 5.74) is 7.44. The topological polar surface area (TPSA) is 231 Å². The number of rotatable bonds is 24. The van der Waals surface area contributed by atoms with Gasteiger partial charge in [0, 0.05) is 46.1 Å². The van der Waals surface area contributed by atoms with Gasteiger partial charge in [0.15, 0.2) is 0 Å². The minimum Gasteiger partial charge on any atom is -0.379 e. The summed E-state index contributed by atoms with van der Waals surface area (Å²) in [5, 5.41) is 12.7. The van der Waals surface area contributed by atoms with Crippen LogP contribution in [0.5, 0.6) is 0 Å². The van der Waals surface area contributed by atoms with E-state index < -0.39 is 42.0 Å². The van der Waals surface area contributed by atoms with Gasteiger partial charge < -0.3 is 51.6 Å². The lowest BCUT2D eigenvalue weighted by Gasteiger charge is -2.39. The van der Waals surface area contributed by atoms with E-state index in [1.807, 2.05) is 13.8 Å². The summed E-state index contributed by atoms with van der Waals surface area (Å²) in [7, 11) is 4.70. The van der Waals surface area contributed by atoms with Crippen LogP contribution in [0.15, 0.2) is 24.3 Å². The average molecular weight is 747 g/mol. The molecule has 1 heterocycles. The molecule has 17 nitrogen and oxygen atoms in total. The molecule has 7 N–H and O–H groups in total. The van der Waals surface area contributed by atoms with Gasteiger partial charge in [-0.3, -0.25) is 33.6 Å². The summed E-state index contributed by atoms with van der Waals surface area (Å²) in [6.07, 6.45) is 2.23. The highest BCUT2D eigenvalue weighted by atomic mass is 16.5.